The summed E-state index contributed by atoms with van der Waals surface area (Å²) in [5.41, 5.74) is 2.37. The van der Waals surface area contributed by atoms with Crippen molar-refractivity contribution in [3.63, 3.8) is 0 Å². The summed E-state index contributed by atoms with van der Waals surface area (Å²) in [6, 6.07) is 13.3. The fourth-order valence-electron chi connectivity index (χ4n) is 2.79. The normalized spacial score (nSPS) is 10.7. The number of benzene rings is 1. The Morgan fingerprint density at radius 3 is 2.50 bits per heavy atom. The van der Waals surface area contributed by atoms with Crippen molar-refractivity contribution in [1.82, 2.24) is 14.3 Å². The number of nitrogens with zero attached hydrogens (tertiary/aromatic N) is 4. The maximum Gasteiger partial charge on any atom is 0.270 e. The smallest absolute Gasteiger partial charge is 0.270 e. The number of hydrogen-bond donors (Lipinski definition) is 0. The highest BCUT2D eigenvalue weighted by Crippen LogP contribution is 2.14. The van der Waals surface area contributed by atoms with Crippen LogP contribution in [0.15, 0.2) is 59.7 Å². The van der Waals surface area contributed by atoms with E-state index in [9.17, 15) is 9.59 Å². The molecule has 6 heteroatoms. The quantitative estimate of drug-likeness (QED) is 0.709. The number of amides is 1. The Kier molecular flexibility index (Phi) is 5.02. The van der Waals surface area contributed by atoms with E-state index in [1.807, 2.05) is 50.2 Å². The topological polar surface area (TPSA) is 57.9 Å². The zero-order valence-corrected chi connectivity index (χ0v) is 15.2. The largest absolute Gasteiger partial charge is 0.378 e. The van der Waals surface area contributed by atoms with Crippen molar-refractivity contribution in [2.24, 2.45) is 0 Å². The molecule has 0 fully saturated rings. The third-order valence-corrected chi connectivity index (χ3v) is 4.34. The first kappa shape index (κ1) is 17.7. The summed E-state index contributed by atoms with van der Waals surface area (Å²) >= 11 is 0. The van der Waals surface area contributed by atoms with Gasteiger partial charge in [-0.05, 0) is 36.8 Å². The summed E-state index contributed by atoms with van der Waals surface area (Å²) in [5, 5.41) is 0. The van der Waals surface area contributed by atoms with Crippen LogP contribution >= 0.6 is 0 Å². The second-order valence-electron chi connectivity index (χ2n) is 6.29. The maximum absolute atomic E-state index is 12.9. The van der Waals surface area contributed by atoms with E-state index in [0.717, 1.165) is 11.3 Å². The van der Waals surface area contributed by atoms with Crippen molar-refractivity contribution >= 4 is 17.2 Å². The third-order valence-electron chi connectivity index (χ3n) is 4.34. The summed E-state index contributed by atoms with van der Waals surface area (Å²) in [6.07, 6.45) is 3.00. The van der Waals surface area contributed by atoms with Crippen LogP contribution in [0.25, 0.3) is 5.65 Å². The van der Waals surface area contributed by atoms with Gasteiger partial charge in [0, 0.05) is 45.3 Å². The van der Waals surface area contributed by atoms with Crippen LogP contribution < -0.4 is 10.5 Å². The third kappa shape index (κ3) is 3.44. The molecule has 3 aromatic rings. The predicted molar refractivity (Wildman–Crippen MR) is 103 cm³/mol. The Morgan fingerprint density at radius 1 is 1.12 bits per heavy atom. The highest BCUT2D eigenvalue weighted by Gasteiger charge is 2.19. The van der Waals surface area contributed by atoms with E-state index in [-0.39, 0.29) is 17.0 Å². The Hall–Kier alpha value is -3.15. The van der Waals surface area contributed by atoms with Gasteiger partial charge in [0.15, 0.2) is 0 Å². The Bertz CT molecular complexity index is 977. The Morgan fingerprint density at radius 2 is 1.85 bits per heavy atom. The Balaban J connectivity index is 1.87. The van der Waals surface area contributed by atoms with Gasteiger partial charge in [-0.2, -0.15) is 0 Å². The number of rotatable bonds is 5. The van der Waals surface area contributed by atoms with Gasteiger partial charge in [-0.1, -0.05) is 18.2 Å². The SMILES string of the molecule is CCN(Cc1ccc(N(C)C)cc1)C(=O)c1cnc2ccccn2c1=O. The van der Waals surface area contributed by atoms with Crippen LogP contribution in [0, 0.1) is 0 Å². The van der Waals surface area contributed by atoms with Crippen LogP contribution in [0.1, 0.15) is 22.8 Å². The van der Waals surface area contributed by atoms with Crippen LogP contribution in [0.5, 0.6) is 0 Å². The molecule has 0 N–H and O–H groups in total. The average molecular weight is 350 g/mol. The minimum absolute atomic E-state index is 0.0838. The fraction of sp³-hybridized carbons (Fsp3) is 0.250. The van der Waals surface area contributed by atoms with Crippen molar-refractivity contribution in [2.45, 2.75) is 13.5 Å². The van der Waals surface area contributed by atoms with E-state index in [0.29, 0.717) is 18.7 Å². The van der Waals surface area contributed by atoms with Crippen molar-refractivity contribution < 1.29 is 4.79 Å². The lowest BCUT2D eigenvalue weighted by atomic mass is 10.1. The molecule has 0 bridgehead atoms. The molecule has 0 spiro atoms. The molecule has 6 nitrogen and oxygen atoms in total. The van der Waals surface area contributed by atoms with E-state index in [4.69, 9.17) is 0 Å². The zero-order valence-electron chi connectivity index (χ0n) is 15.2. The lowest BCUT2D eigenvalue weighted by molar-refractivity contribution is 0.0750. The number of carbonyl (C=O) groups is 1. The lowest BCUT2D eigenvalue weighted by Crippen LogP contribution is -2.35. The van der Waals surface area contributed by atoms with E-state index >= 15 is 0 Å². The monoisotopic (exact) mass is 350 g/mol. The minimum atomic E-state index is -0.345. The van der Waals surface area contributed by atoms with E-state index in [1.54, 1.807) is 29.3 Å². The highest BCUT2D eigenvalue weighted by atomic mass is 16.2. The first-order valence-electron chi connectivity index (χ1n) is 8.53. The first-order chi connectivity index (χ1) is 12.5. The van der Waals surface area contributed by atoms with Gasteiger partial charge in [0.1, 0.15) is 11.2 Å². The lowest BCUT2D eigenvalue weighted by Gasteiger charge is -2.21. The molecular formula is C20H22N4O2. The molecule has 3 rings (SSSR count). The molecular weight excluding hydrogens is 328 g/mol. The molecule has 0 aliphatic carbocycles. The summed E-state index contributed by atoms with van der Waals surface area (Å²) < 4.78 is 1.40. The second kappa shape index (κ2) is 7.39. The van der Waals surface area contributed by atoms with E-state index < -0.39 is 0 Å². The number of fused-ring (bicyclic) bond motifs is 1. The molecule has 0 saturated heterocycles. The van der Waals surface area contributed by atoms with Gasteiger partial charge in [-0.3, -0.25) is 14.0 Å². The molecule has 0 saturated carbocycles. The van der Waals surface area contributed by atoms with Crippen LogP contribution in [-0.2, 0) is 6.54 Å². The van der Waals surface area contributed by atoms with Crippen molar-refractivity contribution in [3.05, 3.63) is 76.3 Å². The molecule has 1 aromatic carbocycles. The van der Waals surface area contributed by atoms with Crippen LogP contribution in [-0.4, -0.2) is 40.8 Å². The summed E-state index contributed by atoms with van der Waals surface area (Å²) in [5.74, 6) is -0.306. The number of pyridine rings is 1. The summed E-state index contributed by atoms with van der Waals surface area (Å²) in [6.45, 7) is 2.85. The van der Waals surface area contributed by atoms with Crippen LogP contribution in [0.3, 0.4) is 0 Å². The van der Waals surface area contributed by atoms with Gasteiger partial charge >= 0.3 is 0 Å². The number of anilines is 1. The fourth-order valence-corrected chi connectivity index (χ4v) is 2.79. The number of hydrogen-bond acceptors (Lipinski definition) is 4. The molecule has 134 valence electrons. The van der Waals surface area contributed by atoms with E-state index in [1.165, 1.54) is 10.6 Å². The molecule has 1 amide bonds. The van der Waals surface area contributed by atoms with Gasteiger partial charge in [0.25, 0.3) is 11.5 Å². The highest BCUT2D eigenvalue weighted by molar-refractivity contribution is 5.93. The van der Waals surface area contributed by atoms with Crippen LogP contribution in [0.2, 0.25) is 0 Å². The molecule has 0 unspecified atom stereocenters. The van der Waals surface area contributed by atoms with Gasteiger partial charge in [0.05, 0.1) is 0 Å². The first-order valence-corrected chi connectivity index (χ1v) is 8.53. The molecule has 0 radical (unpaired) electrons. The Labute approximate surface area is 152 Å². The average Bonchev–Trinajstić information content (AvgIpc) is 2.66. The molecule has 0 atom stereocenters. The maximum atomic E-state index is 12.9. The molecule has 26 heavy (non-hydrogen) atoms. The summed E-state index contributed by atoms with van der Waals surface area (Å²) in [7, 11) is 3.97. The van der Waals surface area contributed by atoms with Gasteiger partial charge in [-0.15, -0.1) is 0 Å². The molecule has 0 aliphatic heterocycles. The van der Waals surface area contributed by atoms with Gasteiger partial charge in [-0.25, -0.2) is 4.98 Å². The van der Waals surface area contributed by atoms with Crippen molar-refractivity contribution in [1.29, 1.82) is 0 Å². The van der Waals surface area contributed by atoms with Gasteiger partial charge < -0.3 is 9.80 Å². The number of aromatic nitrogens is 2. The van der Waals surface area contributed by atoms with Crippen molar-refractivity contribution in [3.8, 4) is 0 Å². The zero-order chi connectivity index (χ0) is 18.7. The van der Waals surface area contributed by atoms with E-state index in [2.05, 4.69) is 4.98 Å². The minimum Gasteiger partial charge on any atom is -0.378 e. The molecule has 2 aromatic heterocycles. The standard InChI is InChI=1S/C20H22N4O2/c1-4-23(14-15-8-10-16(11-9-15)22(2)3)19(25)17-13-21-18-7-5-6-12-24(18)20(17)26/h5-13H,4,14H2,1-3H3. The van der Waals surface area contributed by atoms with Gasteiger partial charge in [0.2, 0.25) is 0 Å². The predicted octanol–water partition coefficient (Wildman–Crippen LogP) is 2.42. The number of carbonyl (C=O) groups excluding carboxylic acids is 1. The molecule has 2 heterocycles. The summed E-state index contributed by atoms with van der Waals surface area (Å²) in [4.78, 5) is 33.4. The second-order valence-corrected chi connectivity index (χ2v) is 6.29. The molecule has 0 aliphatic rings. The van der Waals surface area contributed by atoms with Crippen LogP contribution in [0.4, 0.5) is 5.69 Å². The van der Waals surface area contributed by atoms with Crippen molar-refractivity contribution in [2.75, 3.05) is 25.5 Å².